The van der Waals surface area contributed by atoms with Gasteiger partial charge in [0.2, 0.25) is 15.1 Å². The molecule has 20 heavy (non-hydrogen) atoms. The van der Waals surface area contributed by atoms with E-state index in [9.17, 15) is 16.8 Å². The van der Waals surface area contributed by atoms with Gasteiger partial charge in [-0.05, 0) is 26.0 Å². The Morgan fingerprint density at radius 1 is 1.25 bits per heavy atom. The number of nitrogens with one attached hydrogen (secondary N) is 2. The Morgan fingerprint density at radius 2 is 1.85 bits per heavy atom. The van der Waals surface area contributed by atoms with Gasteiger partial charge in [0, 0.05) is 12.1 Å². The normalized spacial score (nSPS) is 13.6. The highest BCUT2D eigenvalue weighted by molar-refractivity contribution is 7.89. The summed E-state index contributed by atoms with van der Waals surface area (Å²) in [5, 5.41) is 8.48. The van der Waals surface area contributed by atoms with E-state index in [1.165, 1.54) is 26.0 Å². The molecule has 0 atom stereocenters. The van der Waals surface area contributed by atoms with E-state index >= 15 is 0 Å². The Labute approximate surface area is 118 Å². The molecular formula is C10H18N2O6S2. The van der Waals surface area contributed by atoms with Gasteiger partial charge in [-0.2, -0.15) is 0 Å². The molecule has 1 aromatic heterocycles. The summed E-state index contributed by atoms with van der Waals surface area (Å²) in [7, 11) is -7.36. The number of furan rings is 1. The number of aliphatic hydroxyl groups excluding tert-OH is 1. The Kier molecular flexibility index (Phi) is 4.98. The van der Waals surface area contributed by atoms with Crippen molar-refractivity contribution < 1.29 is 26.4 Å². The van der Waals surface area contributed by atoms with Crippen molar-refractivity contribution in [1.29, 1.82) is 0 Å². The fourth-order valence-corrected chi connectivity index (χ4v) is 3.71. The van der Waals surface area contributed by atoms with Crippen LogP contribution < -0.4 is 9.44 Å². The molecule has 0 radical (unpaired) electrons. The summed E-state index contributed by atoms with van der Waals surface area (Å²) in [6.07, 6.45) is 0.989. The summed E-state index contributed by atoms with van der Waals surface area (Å²) in [5.41, 5.74) is -0.993. The molecule has 0 amide bonds. The summed E-state index contributed by atoms with van der Waals surface area (Å²) < 4.78 is 55.6. The van der Waals surface area contributed by atoms with Crippen LogP contribution in [0, 0.1) is 0 Å². The topological polar surface area (TPSA) is 126 Å². The van der Waals surface area contributed by atoms with Gasteiger partial charge < -0.3 is 9.52 Å². The van der Waals surface area contributed by atoms with E-state index in [1.807, 2.05) is 0 Å². The molecule has 0 bridgehead atoms. The van der Waals surface area contributed by atoms with E-state index in [1.54, 1.807) is 0 Å². The zero-order valence-corrected chi connectivity index (χ0v) is 13.0. The van der Waals surface area contributed by atoms with E-state index in [0.29, 0.717) is 0 Å². The second-order valence-electron chi connectivity index (χ2n) is 4.96. The molecule has 3 N–H and O–H groups in total. The molecule has 0 spiro atoms. The molecule has 0 aliphatic heterocycles. The van der Waals surface area contributed by atoms with E-state index in [4.69, 9.17) is 9.52 Å². The van der Waals surface area contributed by atoms with Gasteiger partial charge in [0.25, 0.3) is 10.0 Å². The summed E-state index contributed by atoms with van der Waals surface area (Å²) in [6, 6.07) is 2.55. The van der Waals surface area contributed by atoms with Crippen molar-refractivity contribution in [1.82, 2.24) is 9.44 Å². The molecular weight excluding hydrogens is 308 g/mol. The summed E-state index contributed by atoms with van der Waals surface area (Å²) in [5.74, 6) is 0.124. The highest BCUT2D eigenvalue weighted by Gasteiger charge is 2.26. The lowest BCUT2D eigenvalue weighted by atomic mass is 10.1. The first-order valence-electron chi connectivity index (χ1n) is 5.63. The van der Waals surface area contributed by atoms with Crippen molar-refractivity contribution >= 4 is 20.0 Å². The van der Waals surface area contributed by atoms with E-state index in [-0.39, 0.29) is 17.4 Å². The monoisotopic (exact) mass is 326 g/mol. The highest BCUT2D eigenvalue weighted by Crippen LogP contribution is 2.14. The first-order valence-corrected chi connectivity index (χ1v) is 9.01. The average Bonchev–Trinajstić information content (AvgIpc) is 2.72. The number of aliphatic hydroxyl groups is 1. The quantitative estimate of drug-likeness (QED) is 0.613. The van der Waals surface area contributed by atoms with E-state index in [2.05, 4.69) is 9.44 Å². The molecule has 1 aromatic rings. The summed E-state index contributed by atoms with van der Waals surface area (Å²) in [6.45, 7) is 2.52. The average molecular weight is 326 g/mol. The SMILES string of the molecule is CC(C)(CNS(=O)(=O)c1ccc(CO)o1)NS(C)(=O)=O. The molecule has 0 aliphatic carbocycles. The van der Waals surface area contributed by atoms with Crippen LogP contribution in [0.4, 0.5) is 0 Å². The second kappa shape index (κ2) is 5.82. The Hall–Kier alpha value is -0.940. The highest BCUT2D eigenvalue weighted by atomic mass is 32.2. The lowest BCUT2D eigenvalue weighted by Gasteiger charge is -2.24. The van der Waals surface area contributed by atoms with Crippen LogP contribution >= 0.6 is 0 Å². The maximum absolute atomic E-state index is 11.9. The third kappa shape index (κ3) is 5.21. The van der Waals surface area contributed by atoms with Crippen LogP contribution in [0.3, 0.4) is 0 Å². The molecule has 1 rings (SSSR count). The standard InChI is InChI=1S/C10H18N2O6S2/c1-10(2,12-19(3,14)15)7-11-20(16,17)9-5-4-8(6-13)18-9/h4-5,11-13H,6-7H2,1-3H3. The van der Waals surface area contributed by atoms with Gasteiger partial charge in [-0.1, -0.05) is 0 Å². The van der Waals surface area contributed by atoms with Gasteiger partial charge in [-0.3, -0.25) is 0 Å². The molecule has 8 nitrogen and oxygen atoms in total. The zero-order valence-electron chi connectivity index (χ0n) is 11.4. The van der Waals surface area contributed by atoms with Crippen LogP contribution in [0.5, 0.6) is 0 Å². The molecule has 0 saturated heterocycles. The summed E-state index contributed by atoms with van der Waals surface area (Å²) >= 11 is 0. The van der Waals surface area contributed by atoms with Gasteiger partial charge in [0.15, 0.2) is 0 Å². The minimum absolute atomic E-state index is 0.124. The van der Waals surface area contributed by atoms with Gasteiger partial charge >= 0.3 is 0 Å². The maximum Gasteiger partial charge on any atom is 0.274 e. The van der Waals surface area contributed by atoms with Crippen LogP contribution in [-0.2, 0) is 26.7 Å². The fraction of sp³-hybridized carbons (Fsp3) is 0.600. The largest absolute Gasteiger partial charge is 0.446 e. The van der Waals surface area contributed by atoms with Crippen LogP contribution in [0.25, 0.3) is 0 Å². The lowest BCUT2D eigenvalue weighted by molar-refractivity contribution is 0.236. The molecule has 0 fully saturated rings. The molecule has 10 heteroatoms. The Morgan fingerprint density at radius 3 is 2.30 bits per heavy atom. The third-order valence-corrected chi connectivity index (χ3v) is 4.42. The van der Waals surface area contributed by atoms with Crippen molar-refractivity contribution in [2.75, 3.05) is 12.8 Å². The fourth-order valence-electron chi connectivity index (χ4n) is 1.47. The van der Waals surface area contributed by atoms with E-state index in [0.717, 1.165) is 6.26 Å². The smallest absolute Gasteiger partial charge is 0.274 e. The van der Waals surface area contributed by atoms with Crippen molar-refractivity contribution in [3.05, 3.63) is 17.9 Å². The third-order valence-electron chi connectivity index (χ3n) is 2.22. The zero-order chi connectivity index (χ0) is 15.6. The van der Waals surface area contributed by atoms with Crippen molar-refractivity contribution in [3.63, 3.8) is 0 Å². The van der Waals surface area contributed by atoms with E-state index < -0.39 is 32.2 Å². The van der Waals surface area contributed by atoms with Gasteiger partial charge in [0.1, 0.15) is 12.4 Å². The number of sulfonamides is 2. The van der Waals surface area contributed by atoms with Crippen LogP contribution in [0.1, 0.15) is 19.6 Å². The summed E-state index contributed by atoms with van der Waals surface area (Å²) in [4.78, 5) is 0. The molecule has 0 saturated carbocycles. The van der Waals surface area contributed by atoms with Crippen molar-refractivity contribution in [2.45, 2.75) is 31.1 Å². The first kappa shape index (κ1) is 17.1. The minimum Gasteiger partial charge on any atom is -0.446 e. The second-order valence-corrected chi connectivity index (χ2v) is 8.41. The lowest BCUT2D eigenvalue weighted by Crippen LogP contribution is -2.50. The molecule has 1 heterocycles. The minimum atomic E-state index is -3.90. The van der Waals surface area contributed by atoms with Crippen molar-refractivity contribution in [3.8, 4) is 0 Å². The van der Waals surface area contributed by atoms with Gasteiger partial charge in [-0.25, -0.2) is 26.3 Å². The van der Waals surface area contributed by atoms with Crippen LogP contribution in [-0.4, -0.2) is 40.3 Å². The number of hydrogen-bond donors (Lipinski definition) is 3. The Balaban J connectivity index is 2.77. The molecule has 116 valence electrons. The molecule has 0 aromatic carbocycles. The predicted molar refractivity (Wildman–Crippen MR) is 71.9 cm³/mol. The molecule has 0 unspecified atom stereocenters. The van der Waals surface area contributed by atoms with Gasteiger partial charge in [-0.15, -0.1) is 0 Å². The van der Waals surface area contributed by atoms with Gasteiger partial charge in [0.05, 0.1) is 6.26 Å². The number of rotatable bonds is 7. The van der Waals surface area contributed by atoms with Crippen LogP contribution in [0.2, 0.25) is 0 Å². The van der Waals surface area contributed by atoms with Crippen LogP contribution in [0.15, 0.2) is 21.6 Å². The van der Waals surface area contributed by atoms with Crippen molar-refractivity contribution in [2.24, 2.45) is 0 Å². The number of hydrogen-bond acceptors (Lipinski definition) is 6. The molecule has 0 aliphatic rings. The Bertz CT molecular complexity index is 660. The predicted octanol–water partition coefficient (Wildman–Crippen LogP) is -0.622. The first-order chi connectivity index (χ1) is 8.95. The maximum atomic E-state index is 11.9.